The van der Waals surface area contributed by atoms with Gasteiger partial charge in [-0.2, -0.15) is 0 Å². The molecule has 1 aliphatic carbocycles. The van der Waals surface area contributed by atoms with Crippen LogP contribution in [0, 0.1) is 0 Å². The van der Waals surface area contributed by atoms with E-state index in [4.69, 9.17) is 5.73 Å². The van der Waals surface area contributed by atoms with Crippen LogP contribution in [0.1, 0.15) is 23.1 Å². The summed E-state index contributed by atoms with van der Waals surface area (Å²) in [5.74, 6) is 1.01. The summed E-state index contributed by atoms with van der Waals surface area (Å²) in [7, 11) is 0. The van der Waals surface area contributed by atoms with Gasteiger partial charge in [-0.15, -0.1) is 11.8 Å². The number of rotatable bonds is 3. The lowest BCUT2D eigenvalue weighted by molar-refractivity contribution is 0.911. The van der Waals surface area contributed by atoms with Gasteiger partial charge in [0.05, 0.1) is 0 Å². The van der Waals surface area contributed by atoms with Crippen LogP contribution >= 0.6 is 27.7 Å². The monoisotopic (exact) mass is 333 g/mol. The molecule has 3 heteroatoms. The van der Waals surface area contributed by atoms with E-state index in [2.05, 4.69) is 40.2 Å². The number of hydrogen-bond donors (Lipinski definition) is 1. The average Bonchev–Trinajstić information content (AvgIpc) is 2.85. The lowest BCUT2D eigenvalue weighted by Gasteiger charge is -2.07. The summed E-state index contributed by atoms with van der Waals surface area (Å²) in [5, 5.41) is 0. The minimum Gasteiger partial charge on any atom is -0.399 e. The van der Waals surface area contributed by atoms with Crippen LogP contribution in [0.15, 0.2) is 45.8 Å². The first-order chi connectivity index (χ1) is 9.22. The van der Waals surface area contributed by atoms with E-state index in [1.165, 1.54) is 29.7 Å². The molecular weight excluding hydrogens is 318 g/mol. The Hall–Kier alpha value is -0.930. The Bertz CT molecular complexity index is 610. The quantitative estimate of drug-likeness (QED) is 0.644. The maximum atomic E-state index is 5.76. The van der Waals surface area contributed by atoms with Gasteiger partial charge >= 0.3 is 0 Å². The van der Waals surface area contributed by atoms with Crippen LogP contribution in [0.2, 0.25) is 0 Å². The van der Waals surface area contributed by atoms with Crippen molar-refractivity contribution < 1.29 is 0 Å². The molecule has 0 atom stereocenters. The van der Waals surface area contributed by atoms with Gasteiger partial charge in [0.2, 0.25) is 0 Å². The molecule has 1 aliphatic rings. The van der Waals surface area contributed by atoms with E-state index in [1.54, 1.807) is 11.1 Å². The minimum atomic E-state index is 0.800. The SMILES string of the molecule is Nc1ccc(SCc2ccc3c(c2)CCC3)c(Br)c1. The molecule has 0 aromatic heterocycles. The summed E-state index contributed by atoms with van der Waals surface area (Å²) in [6, 6.07) is 12.9. The summed E-state index contributed by atoms with van der Waals surface area (Å²) < 4.78 is 1.08. The Morgan fingerprint density at radius 2 is 1.89 bits per heavy atom. The van der Waals surface area contributed by atoms with Crippen molar-refractivity contribution in [1.82, 2.24) is 0 Å². The van der Waals surface area contributed by atoms with Crippen LogP contribution in [0.3, 0.4) is 0 Å². The van der Waals surface area contributed by atoms with Crippen LogP contribution < -0.4 is 5.73 Å². The Kier molecular flexibility index (Phi) is 3.85. The third-order valence-electron chi connectivity index (χ3n) is 3.51. The smallest absolute Gasteiger partial charge is 0.0331 e. The Morgan fingerprint density at radius 3 is 2.74 bits per heavy atom. The molecule has 19 heavy (non-hydrogen) atoms. The molecule has 0 radical (unpaired) electrons. The molecule has 0 fully saturated rings. The Balaban J connectivity index is 1.72. The highest BCUT2D eigenvalue weighted by molar-refractivity contribution is 9.10. The second-order valence-corrected chi connectivity index (χ2v) is 6.81. The molecule has 3 rings (SSSR count). The van der Waals surface area contributed by atoms with Gasteiger partial charge < -0.3 is 5.73 Å². The van der Waals surface area contributed by atoms with Crippen molar-refractivity contribution in [3.63, 3.8) is 0 Å². The summed E-state index contributed by atoms with van der Waals surface area (Å²) in [4.78, 5) is 1.25. The first-order valence-corrected chi connectivity index (χ1v) is 8.29. The Labute approximate surface area is 126 Å². The fourth-order valence-corrected chi connectivity index (χ4v) is 4.11. The van der Waals surface area contributed by atoms with Crippen molar-refractivity contribution in [3.05, 3.63) is 57.6 Å². The Morgan fingerprint density at radius 1 is 1.05 bits per heavy atom. The molecule has 0 heterocycles. The van der Waals surface area contributed by atoms with E-state index in [0.29, 0.717) is 0 Å². The van der Waals surface area contributed by atoms with E-state index in [1.807, 2.05) is 23.9 Å². The fourth-order valence-electron chi connectivity index (χ4n) is 2.51. The van der Waals surface area contributed by atoms with Gasteiger partial charge in [0.15, 0.2) is 0 Å². The molecular formula is C16H16BrNS. The van der Waals surface area contributed by atoms with Crippen molar-refractivity contribution in [1.29, 1.82) is 0 Å². The molecule has 0 aliphatic heterocycles. The van der Waals surface area contributed by atoms with Crippen molar-refractivity contribution in [3.8, 4) is 0 Å². The van der Waals surface area contributed by atoms with Crippen LogP contribution in [0.5, 0.6) is 0 Å². The molecule has 2 N–H and O–H groups in total. The van der Waals surface area contributed by atoms with Gasteiger partial charge in [0, 0.05) is 20.8 Å². The number of halogens is 1. The van der Waals surface area contributed by atoms with Gasteiger partial charge in [-0.1, -0.05) is 18.2 Å². The fraction of sp³-hybridized carbons (Fsp3) is 0.250. The molecule has 0 amide bonds. The standard InChI is InChI=1S/C16H16BrNS/c17-15-9-14(18)6-7-16(15)19-10-11-4-5-12-2-1-3-13(12)8-11/h4-9H,1-3,10,18H2. The zero-order valence-corrected chi connectivity index (χ0v) is 13.1. The van der Waals surface area contributed by atoms with Crippen molar-refractivity contribution >= 4 is 33.4 Å². The largest absolute Gasteiger partial charge is 0.399 e. The minimum absolute atomic E-state index is 0.800. The van der Waals surface area contributed by atoms with E-state index < -0.39 is 0 Å². The molecule has 0 spiro atoms. The van der Waals surface area contributed by atoms with Crippen LogP contribution in [-0.2, 0) is 18.6 Å². The summed E-state index contributed by atoms with van der Waals surface area (Å²) >= 11 is 5.42. The summed E-state index contributed by atoms with van der Waals surface area (Å²) in [6.07, 6.45) is 3.82. The van der Waals surface area contributed by atoms with Crippen molar-refractivity contribution in [2.45, 2.75) is 29.9 Å². The number of benzene rings is 2. The second-order valence-electron chi connectivity index (χ2n) is 4.94. The van der Waals surface area contributed by atoms with Crippen LogP contribution in [0.4, 0.5) is 5.69 Å². The van der Waals surface area contributed by atoms with E-state index >= 15 is 0 Å². The maximum Gasteiger partial charge on any atom is 0.0331 e. The summed E-state index contributed by atoms with van der Waals surface area (Å²) in [6.45, 7) is 0. The van der Waals surface area contributed by atoms with Gasteiger partial charge in [-0.3, -0.25) is 0 Å². The number of fused-ring (bicyclic) bond motifs is 1. The maximum absolute atomic E-state index is 5.76. The predicted octanol–water partition coefficient (Wildman–Crippen LogP) is 4.81. The highest BCUT2D eigenvalue weighted by Gasteiger charge is 2.11. The molecule has 98 valence electrons. The predicted molar refractivity (Wildman–Crippen MR) is 86.6 cm³/mol. The zero-order valence-electron chi connectivity index (χ0n) is 10.7. The third-order valence-corrected chi connectivity index (χ3v) is 5.58. The number of thioether (sulfide) groups is 1. The number of aryl methyl sites for hydroxylation is 2. The van der Waals surface area contributed by atoms with Gasteiger partial charge in [0.25, 0.3) is 0 Å². The molecule has 2 aromatic rings. The number of nitrogen functional groups attached to an aromatic ring is 1. The van der Waals surface area contributed by atoms with E-state index in [-0.39, 0.29) is 0 Å². The highest BCUT2D eigenvalue weighted by atomic mass is 79.9. The van der Waals surface area contributed by atoms with Gasteiger partial charge in [-0.05, 0) is 70.1 Å². The van der Waals surface area contributed by atoms with Gasteiger partial charge in [-0.25, -0.2) is 0 Å². The first kappa shape index (κ1) is 13.1. The lowest BCUT2D eigenvalue weighted by Crippen LogP contribution is -1.88. The zero-order chi connectivity index (χ0) is 13.2. The van der Waals surface area contributed by atoms with Crippen molar-refractivity contribution in [2.24, 2.45) is 0 Å². The molecule has 0 saturated carbocycles. The van der Waals surface area contributed by atoms with Crippen LogP contribution in [0.25, 0.3) is 0 Å². The number of hydrogen-bond acceptors (Lipinski definition) is 2. The van der Waals surface area contributed by atoms with Gasteiger partial charge in [0.1, 0.15) is 0 Å². The van der Waals surface area contributed by atoms with E-state index in [9.17, 15) is 0 Å². The first-order valence-electron chi connectivity index (χ1n) is 6.51. The van der Waals surface area contributed by atoms with Crippen LogP contribution in [-0.4, -0.2) is 0 Å². The molecule has 0 unspecified atom stereocenters. The second kappa shape index (κ2) is 5.59. The highest BCUT2D eigenvalue weighted by Crippen LogP contribution is 2.32. The summed E-state index contributed by atoms with van der Waals surface area (Å²) in [5.41, 5.74) is 11.1. The molecule has 1 nitrogen and oxygen atoms in total. The van der Waals surface area contributed by atoms with Crippen molar-refractivity contribution in [2.75, 3.05) is 5.73 Å². The van der Waals surface area contributed by atoms with E-state index in [0.717, 1.165) is 15.9 Å². The molecule has 0 saturated heterocycles. The molecule has 0 bridgehead atoms. The third kappa shape index (κ3) is 2.98. The lowest BCUT2D eigenvalue weighted by atomic mass is 10.1. The number of anilines is 1. The molecule has 2 aromatic carbocycles. The topological polar surface area (TPSA) is 26.0 Å². The normalized spacial score (nSPS) is 13.5. The average molecular weight is 334 g/mol. The number of nitrogens with two attached hydrogens (primary N) is 1.